The Balaban J connectivity index is 2.36. The van der Waals surface area contributed by atoms with Gasteiger partial charge in [0.2, 0.25) is 0 Å². The van der Waals surface area contributed by atoms with Crippen LogP contribution in [0.25, 0.3) is 0 Å². The Morgan fingerprint density at radius 1 is 1.54 bits per heavy atom. The number of thiazole rings is 1. The number of nitrogens with zero attached hydrogens (tertiary/aromatic N) is 1. The topological polar surface area (TPSA) is 24.9 Å². The van der Waals surface area contributed by atoms with E-state index >= 15 is 0 Å². The lowest BCUT2D eigenvalue weighted by atomic mass is 9.99. The summed E-state index contributed by atoms with van der Waals surface area (Å²) in [5, 5.41) is 3.44. The molecule has 3 heteroatoms. The van der Waals surface area contributed by atoms with E-state index in [2.05, 4.69) is 31.1 Å². The highest BCUT2D eigenvalue weighted by atomic mass is 32.1. The molecule has 1 aromatic heterocycles. The van der Waals surface area contributed by atoms with E-state index in [1.165, 1.54) is 4.88 Å². The summed E-state index contributed by atoms with van der Waals surface area (Å²) in [6.45, 7) is 7.73. The van der Waals surface area contributed by atoms with Crippen LogP contribution in [0.4, 0.5) is 0 Å². The number of hydrogen-bond acceptors (Lipinski definition) is 3. The first-order chi connectivity index (χ1) is 6.24. The van der Waals surface area contributed by atoms with Crippen molar-refractivity contribution in [2.24, 2.45) is 5.92 Å². The number of nitrogens with one attached hydrogen (secondary N) is 1. The highest BCUT2D eigenvalue weighted by Crippen LogP contribution is 2.14. The van der Waals surface area contributed by atoms with Crippen LogP contribution in [0, 0.1) is 5.92 Å². The largest absolute Gasteiger partial charge is 0.314 e. The van der Waals surface area contributed by atoms with Crippen LogP contribution in [0.15, 0.2) is 11.7 Å². The molecule has 0 aliphatic carbocycles. The summed E-state index contributed by atoms with van der Waals surface area (Å²) in [5.41, 5.74) is 1.90. The van der Waals surface area contributed by atoms with Crippen LogP contribution >= 0.6 is 11.3 Å². The van der Waals surface area contributed by atoms with E-state index in [0.29, 0.717) is 12.0 Å². The molecule has 13 heavy (non-hydrogen) atoms. The predicted octanol–water partition coefficient (Wildman–Crippen LogP) is 2.32. The van der Waals surface area contributed by atoms with Crippen LogP contribution < -0.4 is 5.32 Å². The minimum atomic E-state index is 0.590. The van der Waals surface area contributed by atoms with Gasteiger partial charge in [0.1, 0.15) is 0 Å². The molecular weight excluding hydrogens is 180 g/mol. The Morgan fingerprint density at radius 3 is 2.85 bits per heavy atom. The molecule has 0 radical (unpaired) electrons. The average molecular weight is 198 g/mol. The van der Waals surface area contributed by atoms with Gasteiger partial charge >= 0.3 is 0 Å². The molecular formula is C10H18N2S. The van der Waals surface area contributed by atoms with Gasteiger partial charge in [-0.2, -0.15) is 0 Å². The third-order valence-corrected chi connectivity index (χ3v) is 3.19. The Hall–Kier alpha value is -0.410. The Bertz CT molecular complexity index is 221. The molecule has 0 amide bonds. The molecule has 0 aliphatic rings. The van der Waals surface area contributed by atoms with E-state index in [4.69, 9.17) is 0 Å². The van der Waals surface area contributed by atoms with Gasteiger partial charge in [0.05, 0.1) is 5.51 Å². The second kappa shape index (κ2) is 5.35. The lowest BCUT2D eigenvalue weighted by Crippen LogP contribution is -2.32. The fourth-order valence-corrected chi connectivity index (χ4v) is 2.10. The van der Waals surface area contributed by atoms with Gasteiger partial charge < -0.3 is 5.32 Å². The van der Waals surface area contributed by atoms with Crippen LogP contribution in [0.1, 0.15) is 25.6 Å². The zero-order valence-electron chi connectivity index (χ0n) is 8.58. The van der Waals surface area contributed by atoms with Crippen molar-refractivity contribution in [3.8, 4) is 0 Å². The smallest absolute Gasteiger partial charge is 0.0794 e. The molecule has 0 saturated heterocycles. The van der Waals surface area contributed by atoms with Crippen molar-refractivity contribution in [2.45, 2.75) is 33.2 Å². The summed E-state index contributed by atoms with van der Waals surface area (Å²) in [7, 11) is 0. The maximum absolute atomic E-state index is 4.08. The fourth-order valence-electron chi connectivity index (χ4n) is 1.36. The van der Waals surface area contributed by atoms with Gasteiger partial charge in [-0.25, -0.2) is 0 Å². The van der Waals surface area contributed by atoms with E-state index in [9.17, 15) is 0 Å². The van der Waals surface area contributed by atoms with Crippen LogP contribution in [0.2, 0.25) is 0 Å². The van der Waals surface area contributed by atoms with Gasteiger partial charge in [0, 0.05) is 17.1 Å². The van der Waals surface area contributed by atoms with Gasteiger partial charge in [0.25, 0.3) is 0 Å². The van der Waals surface area contributed by atoms with Crippen LogP contribution in [-0.4, -0.2) is 17.6 Å². The lowest BCUT2D eigenvalue weighted by molar-refractivity contribution is 0.408. The van der Waals surface area contributed by atoms with E-state index in [0.717, 1.165) is 13.0 Å². The first-order valence-electron chi connectivity index (χ1n) is 4.84. The Morgan fingerprint density at radius 2 is 2.31 bits per heavy atom. The molecule has 0 spiro atoms. The molecule has 0 fully saturated rings. The Kier molecular flexibility index (Phi) is 4.39. The SMILES string of the molecule is CCNC(C)C(C)Cc1cncs1. The first-order valence-corrected chi connectivity index (χ1v) is 5.72. The summed E-state index contributed by atoms with van der Waals surface area (Å²) >= 11 is 1.75. The van der Waals surface area contributed by atoms with Gasteiger partial charge in [0.15, 0.2) is 0 Å². The van der Waals surface area contributed by atoms with Crippen LogP contribution in [-0.2, 0) is 6.42 Å². The highest BCUT2D eigenvalue weighted by Gasteiger charge is 2.11. The van der Waals surface area contributed by atoms with Crippen molar-refractivity contribution in [3.05, 3.63) is 16.6 Å². The third-order valence-electron chi connectivity index (χ3n) is 2.39. The molecule has 0 aromatic carbocycles. The predicted molar refractivity (Wildman–Crippen MR) is 58.1 cm³/mol. The molecule has 1 aromatic rings. The number of hydrogen-bond donors (Lipinski definition) is 1. The molecule has 2 atom stereocenters. The lowest BCUT2D eigenvalue weighted by Gasteiger charge is -2.19. The quantitative estimate of drug-likeness (QED) is 0.785. The van der Waals surface area contributed by atoms with Gasteiger partial charge in [-0.3, -0.25) is 4.98 Å². The molecule has 0 saturated carbocycles. The molecule has 2 unspecified atom stereocenters. The molecule has 1 heterocycles. The van der Waals surface area contributed by atoms with Crippen molar-refractivity contribution < 1.29 is 0 Å². The summed E-state index contributed by atoms with van der Waals surface area (Å²) in [6, 6.07) is 0.590. The fraction of sp³-hybridized carbons (Fsp3) is 0.700. The van der Waals surface area contributed by atoms with Crippen LogP contribution in [0.5, 0.6) is 0 Å². The van der Waals surface area contributed by atoms with E-state index in [-0.39, 0.29) is 0 Å². The summed E-state index contributed by atoms with van der Waals surface area (Å²) in [5.74, 6) is 0.681. The molecule has 0 bridgehead atoms. The molecule has 0 aliphatic heterocycles. The highest BCUT2D eigenvalue weighted by molar-refractivity contribution is 7.09. The summed E-state index contributed by atoms with van der Waals surface area (Å²) in [4.78, 5) is 5.47. The Labute approximate surface area is 84.4 Å². The normalized spacial score (nSPS) is 15.6. The van der Waals surface area contributed by atoms with Gasteiger partial charge in [-0.05, 0) is 25.8 Å². The monoisotopic (exact) mass is 198 g/mol. The molecule has 74 valence electrons. The maximum atomic E-state index is 4.08. The second-order valence-electron chi connectivity index (χ2n) is 3.50. The number of rotatable bonds is 5. The standard InChI is InChI=1S/C10H18N2S/c1-4-12-9(3)8(2)5-10-6-11-7-13-10/h6-9,12H,4-5H2,1-3H3. The summed E-state index contributed by atoms with van der Waals surface area (Å²) in [6.07, 6.45) is 3.11. The average Bonchev–Trinajstić information content (AvgIpc) is 2.57. The molecule has 2 nitrogen and oxygen atoms in total. The first kappa shape index (κ1) is 10.7. The number of aromatic nitrogens is 1. The molecule has 1 N–H and O–H groups in total. The van der Waals surface area contributed by atoms with E-state index in [1.54, 1.807) is 11.3 Å². The summed E-state index contributed by atoms with van der Waals surface area (Å²) < 4.78 is 0. The third kappa shape index (κ3) is 3.44. The van der Waals surface area contributed by atoms with E-state index in [1.807, 2.05) is 11.7 Å². The zero-order chi connectivity index (χ0) is 9.68. The van der Waals surface area contributed by atoms with Crippen molar-refractivity contribution in [1.29, 1.82) is 0 Å². The minimum absolute atomic E-state index is 0.590. The van der Waals surface area contributed by atoms with Crippen molar-refractivity contribution in [1.82, 2.24) is 10.3 Å². The van der Waals surface area contributed by atoms with Crippen molar-refractivity contribution >= 4 is 11.3 Å². The van der Waals surface area contributed by atoms with E-state index < -0.39 is 0 Å². The molecule has 1 rings (SSSR count). The van der Waals surface area contributed by atoms with Gasteiger partial charge in [-0.1, -0.05) is 13.8 Å². The minimum Gasteiger partial charge on any atom is -0.314 e. The maximum Gasteiger partial charge on any atom is 0.0794 e. The van der Waals surface area contributed by atoms with Crippen LogP contribution in [0.3, 0.4) is 0 Å². The zero-order valence-corrected chi connectivity index (χ0v) is 9.40. The van der Waals surface area contributed by atoms with Crippen molar-refractivity contribution in [2.75, 3.05) is 6.54 Å². The van der Waals surface area contributed by atoms with Crippen molar-refractivity contribution in [3.63, 3.8) is 0 Å². The van der Waals surface area contributed by atoms with Gasteiger partial charge in [-0.15, -0.1) is 11.3 Å². The second-order valence-corrected chi connectivity index (χ2v) is 4.47.